The third kappa shape index (κ3) is 5.55. The number of nitrogens with zero attached hydrogens (tertiary/aromatic N) is 3. The van der Waals surface area contributed by atoms with E-state index in [1.165, 1.54) is 0 Å². The third-order valence-electron chi connectivity index (χ3n) is 6.34. The van der Waals surface area contributed by atoms with Gasteiger partial charge in [0.25, 0.3) is 11.7 Å². The number of carbonyl (C=O) groups is 2. The summed E-state index contributed by atoms with van der Waals surface area (Å²) in [6.45, 7) is 10.1. The predicted molar refractivity (Wildman–Crippen MR) is 132 cm³/mol. The number of ether oxygens (including phenoxy) is 2. The maximum Gasteiger partial charge on any atom is 0.295 e. The van der Waals surface area contributed by atoms with E-state index < -0.39 is 17.7 Å². The van der Waals surface area contributed by atoms with Crippen LogP contribution in [0.25, 0.3) is 5.76 Å². The van der Waals surface area contributed by atoms with Crippen molar-refractivity contribution in [3.63, 3.8) is 0 Å². The van der Waals surface area contributed by atoms with Gasteiger partial charge in [0.2, 0.25) is 0 Å². The van der Waals surface area contributed by atoms with Crippen molar-refractivity contribution in [1.82, 2.24) is 14.8 Å². The molecule has 0 spiro atoms. The lowest BCUT2D eigenvalue weighted by Crippen LogP contribution is -2.39. The Morgan fingerprint density at radius 3 is 2.63 bits per heavy atom. The van der Waals surface area contributed by atoms with Gasteiger partial charge in [-0.2, -0.15) is 0 Å². The molecule has 0 aliphatic carbocycles. The predicted octanol–water partition coefficient (Wildman–Crippen LogP) is 3.32. The zero-order valence-electron chi connectivity index (χ0n) is 20.6. The summed E-state index contributed by atoms with van der Waals surface area (Å²) < 4.78 is 11.2. The van der Waals surface area contributed by atoms with Crippen LogP contribution < -0.4 is 4.74 Å². The van der Waals surface area contributed by atoms with E-state index in [0.717, 1.165) is 25.2 Å². The molecule has 0 saturated carbocycles. The second-order valence-corrected chi connectivity index (χ2v) is 9.23. The van der Waals surface area contributed by atoms with Crippen LogP contribution in [0.1, 0.15) is 43.0 Å². The van der Waals surface area contributed by atoms with Crippen molar-refractivity contribution in [3.8, 4) is 5.75 Å². The number of ketones is 1. The summed E-state index contributed by atoms with van der Waals surface area (Å²) >= 11 is 0. The highest BCUT2D eigenvalue weighted by atomic mass is 16.5. The van der Waals surface area contributed by atoms with Gasteiger partial charge >= 0.3 is 0 Å². The molecule has 2 saturated heterocycles. The molecule has 186 valence electrons. The fraction of sp³-hybridized carbons (Fsp3) is 0.444. The first kappa shape index (κ1) is 24.9. The summed E-state index contributed by atoms with van der Waals surface area (Å²) in [4.78, 5) is 34.4. The fourth-order valence-corrected chi connectivity index (χ4v) is 4.68. The molecule has 1 atom stereocenters. The highest BCUT2D eigenvalue weighted by molar-refractivity contribution is 6.46. The van der Waals surface area contributed by atoms with Gasteiger partial charge in [-0.3, -0.25) is 19.5 Å². The lowest BCUT2D eigenvalue weighted by atomic mass is 9.94. The molecule has 2 aliphatic heterocycles. The Hall–Kier alpha value is -3.23. The van der Waals surface area contributed by atoms with Gasteiger partial charge in [-0.25, -0.2) is 0 Å². The monoisotopic (exact) mass is 479 g/mol. The fourth-order valence-electron chi connectivity index (χ4n) is 4.68. The number of rotatable bonds is 8. The number of carbonyl (C=O) groups excluding carboxylic acids is 2. The molecule has 8 heteroatoms. The van der Waals surface area contributed by atoms with Gasteiger partial charge in [0, 0.05) is 44.1 Å². The van der Waals surface area contributed by atoms with E-state index in [2.05, 4.69) is 9.88 Å². The molecule has 8 nitrogen and oxygen atoms in total. The number of benzene rings is 1. The zero-order valence-corrected chi connectivity index (χ0v) is 20.6. The molecular weight excluding hydrogens is 446 g/mol. The number of hydrogen-bond acceptors (Lipinski definition) is 7. The van der Waals surface area contributed by atoms with Crippen LogP contribution in [0.5, 0.6) is 5.75 Å². The van der Waals surface area contributed by atoms with E-state index in [4.69, 9.17) is 9.47 Å². The van der Waals surface area contributed by atoms with Crippen LogP contribution in [-0.4, -0.2) is 77.1 Å². The molecule has 35 heavy (non-hydrogen) atoms. The van der Waals surface area contributed by atoms with Crippen molar-refractivity contribution < 1.29 is 24.2 Å². The first-order valence-corrected chi connectivity index (χ1v) is 12.1. The topological polar surface area (TPSA) is 92.2 Å². The van der Waals surface area contributed by atoms with Crippen molar-refractivity contribution in [1.29, 1.82) is 0 Å². The molecule has 0 unspecified atom stereocenters. The molecule has 2 aliphatic rings. The van der Waals surface area contributed by atoms with Crippen LogP contribution in [0.3, 0.4) is 0 Å². The van der Waals surface area contributed by atoms with E-state index in [1.54, 1.807) is 35.5 Å². The summed E-state index contributed by atoms with van der Waals surface area (Å²) in [5.74, 6) is -0.771. The Morgan fingerprint density at radius 2 is 1.97 bits per heavy atom. The van der Waals surface area contributed by atoms with Gasteiger partial charge < -0.3 is 19.5 Å². The minimum Gasteiger partial charge on any atom is -0.507 e. The second-order valence-electron chi connectivity index (χ2n) is 9.23. The van der Waals surface area contributed by atoms with Crippen LogP contribution in [0.2, 0.25) is 0 Å². The summed E-state index contributed by atoms with van der Waals surface area (Å²) in [7, 11) is 0. The maximum absolute atomic E-state index is 13.2. The number of amides is 1. The molecular formula is C27H33N3O5. The first-order chi connectivity index (χ1) is 16.9. The summed E-state index contributed by atoms with van der Waals surface area (Å²) in [6, 6.07) is 8.23. The third-order valence-corrected chi connectivity index (χ3v) is 6.34. The van der Waals surface area contributed by atoms with Gasteiger partial charge in [0.15, 0.2) is 0 Å². The van der Waals surface area contributed by atoms with Gasteiger partial charge in [-0.05, 0) is 62.6 Å². The normalized spacial score (nSPS) is 20.6. The molecule has 4 rings (SSSR count). The molecule has 2 aromatic rings. The molecule has 1 amide bonds. The van der Waals surface area contributed by atoms with Crippen LogP contribution in [0, 0.1) is 6.92 Å². The van der Waals surface area contributed by atoms with Crippen LogP contribution in [-0.2, 0) is 14.3 Å². The van der Waals surface area contributed by atoms with E-state index >= 15 is 0 Å². The van der Waals surface area contributed by atoms with E-state index in [1.807, 2.05) is 32.9 Å². The molecule has 0 radical (unpaired) electrons. The Labute approximate surface area is 206 Å². The van der Waals surface area contributed by atoms with Crippen molar-refractivity contribution in [2.75, 3.05) is 39.4 Å². The SMILES string of the molecule is Cc1cc(OC(C)C)ccc1C(O)=C1C(=O)C(=O)N(CCCN2CCOCC2)[C@H]1c1cccnc1. The molecule has 0 bridgehead atoms. The van der Waals surface area contributed by atoms with E-state index in [9.17, 15) is 14.7 Å². The van der Waals surface area contributed by atoms with E-state index in [0.29, 0.717) is 43.1 Å². The quantitative estimate of drug-likeness (QED) is 0.353. The highest BCUT2D eigenvalue weighted by Crippen LogP contribution is 2.40. The molecule has 1 aromatic carbocycles. The van der Waals surface area contributed by atoms with Crippen LogP contribution >= 0.6 is 0 Å². The van der Waals surface area contributed by atoms with Crippen molar-refractivity contribution in [2.45, 2.75) is 39.3 Å². The highest BCUT2D eigenvalue weighted by Gasteiger charge is 2.46. The number of aryl methyl sites for hydroxylation is 1. The minimum atomic E-state index is -0.695. The molecule has 1 aromatic heterocycles. The number of aliphatic hydroxyl groups excluding tert-OH is 1. The van der Waals surface area contributed by atoms with Gasteiger partial charge in [0.05, 0.1) is 30.9 Å². The lowest BCUT2D eigenvalue weighted by Gasteiger charge is -2.29. The van der Waals surface area contributed by atoms with Gasteiger partial charge in [0.1, 0.15) is 11.5 Å². The smallest absolute Gasteiger partial charge is 0.295 e. The first-order valence-electron chi connectivity index (χ1n) is 12.1. The number of pyridine rings is 1. The number of Topliss-reactive ketones (excluding diaryl/α,β-unsaturated/α-hetero) is 1. The largest absolute Gasteiger partial charge is 0.507 e. The summed E-state index contributed by atoms with van der Waals surface area (Å²) in [5.41, 5.74) is 2.04. The Balaban J connectivity index is 1.66. The number of likely N-dealkylation sites (tertiary alicyclic amines) is 1. The average molecular weight is 480 g/mol. The van der Waals surface area contributed by atoms with E-state index in [-0.39, 0.29) is 17.4 Å². The van der Waals surface area contributed by atoms with Crippen molar-refractivity contribution in [2.24, 2.45) is 0 Å². The number of aromatic nitrogens is 1. The standard InChI is InChI=1S/C27H33N3O5/c1-18(2)35-21-7-8-22(19(3)16-21)25(31)23-24(20-6-4-9-28-17-20)30(27(33)26(23)32)11-5-10-29-12-14-34-15-13-29/h4,6-9,16-18,24,31H,5,10-15H2,1-3H3/t24-/m0/s1. The molecule has 1 N–H and O–H groups in total. The number of aliphatic hydroxyl groups is 1. The average Bonchev–Trinajstić information content (AvgIpc) is 3.10. The van der Waals surface area contributed by atoms with Gasteiger partial charge in [-0.15, -0.1) is 0 Å². The second kappa shape index (κ2) is 11.0. The minimum absolute atomic E-state index is 0.0159. The summed E-state index contributed by atoms with van der Waals surface area (Å²) in [5, 5.41) is 11.3. The maximum atomic E-state index is 13.2. The van der Waals surface area contributed by atoms with Crippen LogP contribution in [0.4, 0.5) is 0 Å². The Bertz CT molecular complexity index is 1090. The molecule has 3 heterocycles. The Morgan fingerprint density at radius 1 is 1.20 bits per heavy atom. The number of morpholine rings is 1. The van der Waals surface area contributed by atoms with Crippen molar-refractivity contribution >= 4 is 17.4 Å². The summed E-state index contributed by atoms with van der Waals surface area (Å²) in [6.07, 6.45) is 4.02. The van der Waals surface area contributed by atoms with Crippen LogP contribution in [0.15, 0.2) is 48.3 Å². The van der Waals surface area contributed by atoms with Gasteiger partial charge in [-0.1, -0.05) is 6.07 Å². The van der Waals surface area contributed by atoms with Crippen molar-refractivity contribution in [3.05, 3.63) is 65.0 Å². The Kier molecular flexibility index (Phi) is 7.83. The lowest BCUT2D eigenvalue weighted by molar-refractivity contribution is -0.140. The molecule has 2 fully saturated rings. The zero-order chi connectivity index (χ0) is 24.9. The number of hydrogen-bond donors (Lipinski definition) is 1.